The molecule has 3 aromatic rings. The van der Waals surface area contributed by atoms with E-state index in [-0.39, 0.29) is 10.8 Å². The minimum atomic E-state index is -3.64. The van der Waals surface area contributed by atoms with E-state index in [0.717, 1.165) is 29.0 Å². The summed E-state index contributed by atoms with van der Waals surface area (Å²) in [6.07, 6.45) is 0.960. The number of hydrogen-bond donors (Lipinski definition) is 1. The van der Waals surface area contributed by atoms with Gasteiger partial charge in [-0.2, -0.15) is 0 Å². The first-order valence-corrected chi connectivity index (χ1v) is 8.55. The Balaban J connectivity index is 1.59. The average Bonchev–Trinajstić information content (AvgIpc) is 3.18. The van der Waals surface area contributed by atoms with Crippen molar-refractivity contribution < 1.29 is 12.8 Å². The number of primary sulfonamides is 1. The van der Waals surface area contributed by atoms with Gasteiger partial charge in [0.15, 0.2) is 11.5 Å². The van der Waals surface area contributed by atoms with Gasteiger partial charge in [-0.25, -0.2) is 18.5 Å². The van der Waals surface area contributed by atoms with Crippen LogP contribution in [0.25, 0.3) is 11.1 Å². The third-order valence-corrected chi connectivity index (χ3v) is 4.98. The van der Waals surface area contributed by atoms with Crippen molar-refractivity contribution in [2.75, 3.05) is 0 Å². The molecule has 4 rings (SSSR count). The SMILES string of the molecule is NS(=O)(=O)c1ccc([C@@H]2C[C@H]2c2nc3ccccc3o2)cc1. The first kappa shape index (κ1) is 13.5. The van der Waals surface area contributed by atoms with Crippen LogP contribution in [0.4, 0.5) is 0 Å². The second-order valence-corrected chi connectivity index (χ2v) is 7.14. The Morgan fingerprint density at radius 1 is 1.05 bits per heavy atom. The summed E-state index contributed by atoms with van der Waals surface area (Å²) >= 11 is 0. The van der Waals surface area contributed by atoms with Crippen molar-refractivity contribution in [2.45, 2.75) is 23.2 Å². The van der Waals surface area contributed by atoms with Gasteiger partial charge in [0.25, 0.3) is 0 Å². The zero-order valence-corrected chi connectivity index (χ0v) is 12.5. The van der Waals surface area contributed by atoms with Crippen LogP contribution in [0.5, 0.6) is 0 Å². The van der Waals surface area contributed by atoms with Gasteiger partial charge in [-0.15, -0.1) is 0 Å². The van der Waals surface area contributed by atoms with Gasteiger partial charge in [-0.1, -0.05) is 24.3 Å². The van der Waals surface area contributed by atoms with Crippen LogP contribution in [-0.2, 0) is 10.0 Å². The van der Waals surface area contributed by atoms with Crippen molar-refractivity contribution in [3.8, 4) is 0 Å². The van der Waals surface area contributed by atoms with Crippen molar-refractivity contribution in [3.05, 3.63) is 60.0 Å². The molecule has 6 heteroatoms. The van der Waals surface area contributed by atoms with E-state index in [1.807, 2.05) is 36.4 Å². The predicted octanol–water partition coefficient (Wildman–Crippen LogP) is 2.75. The number of benzene rings is 2. The first-order valence-electron chi connectivity index (χ1n) is 7.00. The summed E-state index contributed by atoms with van der Waals surface area (Å²) < 4.78 is 28.3. The van der Waals surface area contributed by atoms with Crippen LogP contribution in [0.1, 0.15) is 29.7 Å². The minimum absolute atomic E-state index is 0.135. The number of fused-ring (bicyclic) bond motifs is 1. The predicted molar refractivity (Wildman–Crippen MR) is 81.9 cm³/mol. The zero-order valence-electron chi connectivity index (χ0n) is 11.6. The lowest BCUT2D eigenvalue weighted by molar-refractivity contribution is 0.529. The normalized spacial score (nSPS) is 21.1. The third kappa shape index (κ3) is 2.30. The molecule has 1 heterocycles. The zero-order chi connectivity index (χ0) is 15.3. The Kier molecular flexibility index (Phi) is 2.85. The second kappa shape index (κ2) is 4.66. The van der Waals surface area contributed by atoms with E-state index >= 15 is 0 Å². The van der Waals surface area contributed by atoms with Crippen LogP contribution < -0.4 is 5.14 Å². The number of oxazole rings is 1. The lowest BCUT2D eigenvalue weighted by atomic mass is 10.1. The molecular formula is C16H14N2O3S. The first-order chi connectivity index (χ1) is 10.5. The molecule has 0 amide bonds. The number of aromatic nitrogens is 1. The van der Waals surface area contributed by atoms with E-state index in [1.54, 1.807) is 12.1 Å². The molecule has 0 aliphatic heterocycles. The summed E-state index contributed by atoms with van der Waals surface area (Å²) in [5.74, 6) is 1.33. The highest BCUT2D eigenvalue weighted by Gasteiger charge is 2.43. The van der Waals surface area contributed by atoms with Gasteiger partial charge >= 0.3 is 0 Å². The second-order valence-electron chi connectivity index (χ2n) is 5.58. The molecule has 112 valence electrons. The molecule has 1 saturated carbocycles. The molecular weight excluding hydrogens is 300 g/mol. The molecule has 2 N–H and O–H groups in total. The standard InChI is InChI=1S/C16H14N2O3S/c17-22(19,20)11-7-5-10(6-8-11)12-9-13(12)16-18-14-3-1-2-4-15(14)21-16/h1-8,12-13H,9H2,(H2,17,19,20)/t12-,13+/m0/s1. The molecule has 1 aliphatic carbocycles. The van der Waals surface area contributed by atoms with Gasteiger partial charge < -0.3 is 4.42 Å². The van der Waals surface area contributed by atoms with Crippen LogP contribution in [0, 0.1) is 0 Å². The Labute approximate surface area is 127 Å². The number of nitrogens with zero attached hydrogens (tertiary/aromatic N) is 1. The Morgan fingerprint density at radius 2 is 1.77 bits per heavy atom. The van der Waals surface area contributed by atoms with Crippen molar-refractivity contribution in [2.24, 2.45) is 5.14 Å². The molecule has 22 heavy (non-hydrogen) atoms. The lowest BCUT2D eigenvalue weighted by Crippen LogP contribution is -2.11. The molecule has 0 unspecified atom stereocenters. The summed E-state index contributed by atoms with van der Waals surface area (Å²) in [5, 5.41) is 5.11. The van der Waals surface area contributed by atoms with E-state index < -0.39 is 10.0 Å². The molecule has 1 aliphatic rings. The maximum atomic E-state index is 11.3. The van der Waals surface area contributed by atoms with Crippen molar-refractivity contribution in [1.29, 1.82) is 0 Å². The van der Waals surface area contributed by atoms with E-state index in [9.17, 15) is 8.42 Å². The van der Waals surface area contributed by atoms with Gasteiger partial charge in [-0.05, 0) is 42.2 Å². The van der Waals surface area contributed by atoms with E-state index in [4.69, 9.17) is 9.56 Å². The van der Waals surface area contributed by atoms with Gasteiger partial charge in [0.2, 0.25) is 10.0 Å². The number of sulfonamides is 1. The van der Waals surface area contributed by atoms with Gasteiger partial charge in [0.1, 0.15) is 5.52 Å². The Bertz CT molecular complexity index is 912. The molecule has 1 fully saturated rings. The van der Waals surface area contributed by atoms with Crippen LogP contribution >= 0.6 is 0 Å². The summed E-state index contributed by atoms with van der Waals surface area (Å²) in [5.41, 5.74) is 2.75. The van der Waals surface area contributed by atoms with Crippen molar-refractivity contribution >= 4 is 21.1 Å². The maximum absolute atomic E-state index is 11.3. The molecule has 1 aromatic heterocycles. The molecule has 0 saturated heterocycles. The van der Waals surface area contributed by atoms with Crippen molar-refractivity contribution in [1.82, 2.24) is 4.98 Å². The Morgan fingerprint density at radius 3 is 2.45 bits per heavy atom. The number of nitrogens with two attached hydrogens (primary N) is 1. The molecule has 0 bridgehead atoms. The highest BCUT2D eigenvalue weighted by Crippen LogP contribution is 2.54. The monoisotopic (exact) mass is 314 g/mol. The van der Waals surface area contributed by atoms with Crippen molar-refractivity contribution in [3.63, 3.8) is 0 Å². The van der Waals surface area contributed by atoms with Gasteiger partial charge in [0, 0.05) is 5.92 Å². The molecule has 2 aromatic carbocycles. The smallest absolute Gasteiger partial charge is 0.238 e. The largest absolute Gasteiger partial charge is 0.440 e. The van der Waals surface area contributed by atoms with Crippen LogP contribution in [-0.4, -0.2) is 13.4 Å². The summed E-state index contributed by atoms with van der Waals surface area (Å²) in [4.78, 5) is 4.66. The van der Waals surface area contributed by atoms with E-state index in [1.165, 1.54) is 0 Å². The summed E-state index contributed by atoms with van der Waals surface area (Å²) in [6.45, 7) is 0. The molecule has 2 atom stereocenters. The van der Waals surface area contributed by atoms with E-state index in [0.29, 0.717) is 5.92 Å². The van der Waals surface area contributed by atoms with Gasteiger partial charge in [0.05, 0.1) is 4.90 Å². The topological polar surface area (TPSA) is 86.2 Å². The Hall–Kier alpha value is -2.18. The van der Waals surface area contributed by atoms with Crippen LogP contribution in [0.2, 0.25) is 0 Å². The average molecular weight is 314 g/mol. The van der Waals surface area contributed by atoms with Crippen LogP contribution in [0.3, 0.4) is 0 Å². The highest BCUT2D eigenvalue weighted by atomic mass is 32.2. The fourth-order valence-corrected chi connectivity index (χ4v) is 3.31. The molecule has 0 spiro atoms. The number of rotatable bonds is 3. The fourth-order valence-electron chi connectivity index (χ4n) is 2.79. The quantitative estimate of drug-likeness (QED) is 0.805. The third-order valence-electron chi connectivity index (χ3n) is 4.05. The van der Waals surface area contributed by atoms with Crippen LogP contribution in [0.15, 0.2) is 57.8 Å². The summed E-state index contributed by atoms with van der Waals surface area (Å²) in [6, 6.07) is 14.4. The van der Waals surface area contributed by atoms with Gasteiger partial charge in [-0.3, -0.25) is 0 Å². The lowest BCUT2D eigenvalue weighted by Gasteiger charge is -2.01. The fraction of sp³-hybridized carbons (Fsp3) is 0.188. The summed E-state index contributed by atoms with van der Waals surface area (Å²) in [7, 11) is -3.64. The number of para-hydroxylation sites is 2. The highest BCUT2D eigenvalue weighted by molar-refractivity contribution is 7.89. The van der Waals surface area contributed by atoms with E-state index in [2.05, 4.69) is 4.98 Å². The molecule has 0 radical (unpaired) electrons. The molecule has 5 nitrogen and oxygen atoms in total. The minimum Gasteiger partial charge on any atom is -0.440 e. The maximum Gasteiger partial charge on any atom is 0.238 e. The number of hydrogen-bond acceptors (Lipinski definition) is 4.